The maximum atomic E-state index is 6.17. The van der Waals surface area contributed by atoms with E-state index >= 15 is 0 Å². The zero-order valence-electron chi connectivity index (χ0n) is 11.8. The number of halogens is 1. The maximum absolute atomic E-state index is 6.17. The van der Waals surface area contributed by atoms with Gasteiger partial charge in [0.1, 0.15) is 0 Å². The second-order valence-corrected chi connectivity index (χ2v) is 6.95. The average Bonchev–Trinajstić information content (AvgIpc) is 3.10. The van der Waals surface area contributed by atoms with Crippen LogP contribution in [0.5, 0.6) is 0 Å². The van der Waals surface area contributed by atoms with Crippen molar-refractivity contribution in [3.63, 3.8) is 0 Å². The van der Waals surface area contributed by atoms with Gasteiger partial charge in [0.05, 0.1) is 17.4 Å². The van der Waals surface area contributed by atoms with E-state index in [0.717, 1.165) is 16.6 Å². The summed E-state index contributed by atoms with van der Waals surface area (Å²) in [6.07, 6.45) is 2.63. The van der Waals surface area contributed by atoms with Crippen LogP contribution in [-0.4, -0.2) is 14.1 Å². The summed E-state index contributed by atoms with van der Waals surface area (Å²) in [5, 5.41) is 6.65. The van der Waals surface area contributed by atoms with Gasteiger partial charge < -0.3 is 10.2 Å². The van der Waals surface area contributed by atoms with Gasteiger partial charge in [-0.25, -0.2) is 0 Å². The molecule has 1 aliphatic rings. The van der Waals surface area contributed by atoms with E-state index in [4.69, 9.17) is 11.6 Å². The molecule has 4 heteroatoms. The van der Waals surface area contributed by atoms with Gasteiger partial charge in [0.2, 0.25) is 0 Å². The number of hydrogen-bond donors (Lipinski definition) is 1. The van der Waals surface area contributed by atoms with Crippen LogP contribution < -0.4 is 10.2 Å². The summed E-state index contributed by atoms with van der Waals surface area (Å²) in [4.78, 5) is 3.54. The Balaban J connectivity index is 1.90. The number of thiophene rings is 1. The Morgan fingerprint density at radius 2 is 2.10 bits per heavy atom. The molecule has 3 rings (SSSR count). The molecule has 2 aromatic rings. The van der Waals surface area contributed by atoms with Gasteiger partial charge >= 0.3 is 0 Å². The van der Waals surface area contributed by atoms with Gasteiger partial charge in [0.15, 0.2) is 0 Å². The van der Waals surface area contributed by atoms with Gasteiger partial charge in [-0.2, -0.15) is 0 Å². The SMILES string of the molecule is CN(C)c1ccc(Cl)cc1NC(c1cccs1)C1CC1. The summed E-state index contributed by atoms with van der Waals surface area (Å²) in [6.45, 7) is 0. The third-order valence-electron chi connectivity index (χ3n) is 3.69. The number of rotatable bonds is 5. The van der Waals surface area contributed by atoms with E-state index in [1.165, 1.54) is 23.4 Å². The first-order valence-corrected chi connectivity index (χ1v) is 8.18. The van der Waals surface area contributed by atoms with Crippen molar-refractivity contribution in [2.75, 3.05) is 24.3 Å². The van der Waals surface area contributed by atoms with Crippen LogP contribution in [0.2, 0.25) is 5.02 Å². The van der Waals surface area contributed by atoms with Gasteiger partial charge in [-0.15, -0.1) is 11.3 Å². The summed E-state index contributed by atoms with van der Waals surface area (Å²) >= 11 is 8.00. The molecule has 1 heterocycles. The monoisotopic (exact) mass is 306 g/mol. The average molecular weight is 307 g/mol. The Bertz CT molecular complexity index is 576. The highest BCUT2D eigenvalue weighted by Gasteiger charge is 2.33. The third-order valence-corrected chi connectivity index (χ3v) is 4.89. The first kappa shape index (κ1) is 13.8. The van der Waals surface area contributed by atoms with Gasteiger partial charge in [-0.1, -0.05) is 17.7 Å². The van der Waals surface area contributed by atoms with E-state index in [9.17, 15) is 0 Å². The predicted octanol–water partition coefficient (Wildman–Crippen LogP) is 5.03. The Morgan fingerprint density at radius 1 is 1.30 bits per heavy atom. The fourth-order valence-electron chi connectivity index (χ4n) is 2.50. The minimum absolute atomic E-state index is 0.409. The standard InChI is InChI=1S/C16H19ClN2S/c1-19(2)14-8-7-12(17)10-13(14)18-16(11-5-6-11)15-4-3-9-20-15/h3-4,7-11,16,18H,5-6H2,1-2H3. The largest absolute Gasteiger partial charge is 0.376 e. The van der Waals surface area contributed by atoms with E-state index in [0.29, 0.717) is 6.04 Å². The Labute approximate surface area is 129 Å². The molecule has 1 fully saturated rings. The minimum atomic E-state index is 0.409. The molecule has 1 N–H and O–H groups in total. The highest BCUT2D eigenvalue weighted by Crippen LogP contribution is 2.45. The quantitative estimate of drug-likeness (QED) is 0.833. The second kappa shape index (κ2) is 5.66. The molecule has 106 valence electrons. The molecular weight excluding hydrogens is 288 g/mol. The highest BCUT2D eigenvalue weighted by molar-refractivity contribution is 7.10. The van der Waals surface area contributed by atoms with Gasteiger partial charge in [-0.3, -0.25) is 0 Å². The normalized spacial score (nSPS) is 15.9. The van der Waals surface area contributed by atoms with Crippen molar-refractivity contribution in [3.05, 3.63) is 45.6 Å². The van der Waals surface area contributed by atoms with Crippen molar-refractivity contribution in [1.29, 1.82) is 0 Å². The Morgan fingerprint density at radius 3 is 2.70 bits per heavy atom. The molecule has 0 amide bonds. The lowest BCUT2D eigenvalue weighted by Gasteiger charge is -2.24. The van der Waals surface area contributed by atoms with Gasteiger partial charge in [-0.05, 0) is 48.4 Å². The zero-order chi connectivity index (χ0) is 14.1. The lowest BCUT2D eigenvalue weighted by atomic mass is 10.1. The van der Waals surface area contributed by atoms with Crippen LogP contribution in [0.1, 0.15) is 23.8 Å². The molecule has 0 radical (unpaired) electrons. The number of nitrogens with zero attached hydrogens (tertiary/aromatic N) is 1. The number of benzene rings is 1. The van der Waals surface area contributed by atoms with Crippen molar-refractivity contribution >= 4 is 34.3 Å². The molecular formula is C16H19ClN2S. The molecule has 0 spiro atoms. The number of nitrogens with one attached hydrogen (secondary N) is 1. The van der Waals surface area contributed by atoms with Crippen molar-refractivity contribution in [2.45, 2.75) is 18.9 Å². The van der Waals surface area contributed by atoms with E-state index < -0.39 is 0 Å². The molecule has 20 heavy (non-hydrogen) atoms. The van der Waals surface area contributed by atoms with Crippen LogP contribution in [0, 0.1) is 5.92 Å². The summed E-state index contributed by atoms with van der Waals surface area (Å²) in [5.41, 5.74) is 2.30. The summed E-state index contributed by atoms with van der Waals surface area (Å²) < 4.78 is 0. The van der Waals surface area contributed by atoms with Crippen LogP contribution in [0.4, 0.5) is 11.4 Å². The lowest BCUT2D eigenvalue weighted by molar-refractivity contribution is 0.691. The Hall–Kier alpha value is -1.19. The molecule has 1 aromatic carbocycles. The predicted molar refractivity (Wildman–Crippen MR) is 89.2 cm³/mol. The fourth-order valence-corrected chi connectivity index (χ4v) is 3.54. The molecule has 0 aliphatic heterocycles. The minimum Gasteiger partial charge on any atom is -0.376 e. The van der Waals surface area contributed by atoms with Crippen molar-refractivity contribution < 1.29 is 0 Å². The zero-order valence-corrected chi connectivity index (χ0v) is 13.3. The summed E-state index contributed by atoms with van der Waals surface area (Å²) in [6, 6.07) is 10.8. The topological polar surface area (TPSA) is 15.3 Å². The van der Waals surface area contributed by atoms with Crippen LogP contribution in [0.25, 0.3) is 0 Å². The van der Waals surface area contributed by atoms with Gasteiger partial charge in [0.25, 0.3) is 0 Å². The molecule has 1 saturated carbocycles. The highest BCUT2D eigenvalue weighted by atomic mass is 35.5. The second-order valence-electron chi connectivity index (χ2n) is 5.53. The first-order chi connectivity index (χ1) is 9.65. The van der Waals surface area contributed by atoms with Crippen molar-refractivity contribution in [1.82, 2.24) is 0 Å². The fraction of sp³-hybridized carbons (Fsp3) is 0.375. The third kappa shape index (κ3) is 2.94. The van der Waals surface area contributed by atoms with Gasteiger partial charge in [0, 0.05) is 24.0 Å². The summed E-state index contributed by atoms with van der Waals surface area (Å²) in [5.74, 6) is 0.752. The number of anilines is 2. The molecule has 0 bridgehead atoms. The van der Waals surface area contributed by atoms with Crippen molar-refractivity contribution in [3.8, 4) is 0 Å². The van der Waals surface area contributed by atoms with E-state index in [1.54, 1.807) is 0 Å². The molecule has 0 saturated heterocycles. The first-order valence-electron chi connectivity index (χ1n) is 6.92. The maximum Gasteiger partial charge on any atom is 0.0635 e. The van der Waals surface area contributed by atoms with Crippen LogP contribution in [-0.2, 0) is 0 Å². The van der Waals surface area contributed by atoms with E-state index in [2.05, 4.69) is 47.9 Å². The summed E-state index contributed by atoms with van der Waals surface area (Å²) in [7, 11) is 4.12. The van der Waals surface area contributed by atoms with E-state index in [1.807, 2.05) is 23.5 Å². The van der Waals surface area contributed by atoms with Crippen LogP contribution in [0.15, 0.2) is 35.7 Å². The lowest BCUT2D eigenvalue weighted by Crippen LogP contribution is -2.16. The van der Waals surface area contributed by atoms with Crippen LogP contribution >= 0.6 is 22.9 Å². The Kier molecular flexibility index (Phi) is 3.90. The molecule has 2 nitrogen and oxygen atoms in total. The molecule has 1 aliphatic carbocycles. The van der Waals surface area contributed by atoms with Crippen LogP contribution in [0.3, 0.4) is 0 Å². The smallest absolute Gasteiger partial charge is 0.0635 e. The number of hydrogen-bond acceptors (Lipinski definition) is 3. The molecule has 1 aromatic heterocycles. The molecule has 1 unspecified atom stereocenters. The van der Waals surface area contributed by atoms with E-state index in [-0.39, 0.29) is 0 Å². The molecule has 1 atom stereocenters. The van der Waals surface area contributed by atoms with Crippen molar-refractivity contribution in [2.24, 2.45) is 5.92 Å².